The Hall–Kier alpha value is -1.43. The molecule has 1 aromatic carbocycles. The number of aromatic nitrogens is 1. The molecule has 0 atom stereocenters. The van der Waals surface area contributed by atoms with E-state index in [1.165, 1.54) is 12.1 Å². The molecular formula is C9H4F3NOS. The van der Waals surface area contributed by atoms with Gasteiger partial charge in [0.1, 0.15) is 0 Å². The van der Waals surface area contributed by atoms with Crippen molar-refractivity contribution in [1.29, 1.82) is 0 Å². The average molecular weight is 231 g/mol. The zero-order valence-electron chi connectivity index (χ0n) is 7.21. The van der Waals surface area contributed by atoms with Crippen molar-refractivity contribution in [2.75, 3.05) is 0 Å². The van der Waals surface area contributed by atoms with Crippen LogP contribution < -0.4 is 5.56 Å². The molecule has 0 saturated heterocycles. The molecule has 0 aliphatic heterocycles. The Labute approximate surface area is 86.0 Å². The third-order valence-electron chi connectivity index (χ3n) is 1.77. The van der Waals surface area contributed by atoms with Gasteiger partial charge in [0.15, 0.2) is 0 Å². The molecule has 15 heavy (non-hydrogen) atoms. The molecule has 0 aliphatic carbocycles. The minimum Gasteiger partial charge on any atom is -0.267 e. The lowest BCUT2D eigenvalue weighted by atomic mass is 10.3. The molecule has 0 aliphatic rings. The molecule has 1 heterocycles. The molecule has 2 nitrogen and oxygen atoms in total. The first-order valence-corrected chi connectivity index (χ1v) is 4.77. The molecule has 0 fully saturated rings. The molecule has 2 rings (SSSR count). The van der Waals surface area contributed by atoms with E-state index < -0.39 is 16.7 Å². The van der Waals surface area contributed by atoms with E-state index in [0.29, 0.717) is 16.0 Å². The largest absolute Gasteiger partial charge is 0.443 e. The van der Waals surface area contributed by atoms with Crippen LogP contribution in [0.4, 0.5) is 13.2 Å². The first-order chi connectivity index (χ1) is 6.98. The van der Waals surface area contributed by atoms with Crippen LogP contribution in [0.15, 0.2) is 29.1 Å². The van der Waals surface area contributed by atoms with Gasteiger partial charge in [0, 0.05) is 4.70 Å². The highest BCUT2D eigenvalue weighted by atomic mass is 32.1. The van der Waals surface area contributed by atoms with Gasteiger partial charge in [-0.3, -0.25) is 4.79 Å². The topological polar surface area (TPSA) is 30.0 Å². The predicted octanol–water partition coefficient (Wildman–Crippen LogP) is 2.68. The van der Waals surface area contributed by atoms with Crippen LogP contribution in [-0.4, -0.2) is 4.98 Å². The van der Waals surface area contributed by atoms with Crippen molar-refractivity contribution in [2.45, 2.75) is 6.18 Å². The Morgan fingerprint density at radius 1 is 1.20 bits per heavy atom. The quantitative estimate of drug-likeness (QED) is 0.697. The van der Waals surface area contributed by atoms with Crippen LogP contribution in [-0.2, 0) is 6.18 Å². The molecule has 0 N–H and O–H groups in total. The SMILES string of the molecule is O=c1nc(C(F)(F)F)sc2ccccc12. The number of benzene rings is 1. The van der Waals surface area contributed by atoms with Gasteiger partial charge in [-0.25, -0.2) is 0 Å². The zero-order valence-corrected chi connectivity index (χ0v) is 8.02. The summed E-state index contributed by atoms with van der Waals surface area (Å²) in [4.78, 5) is 14.3. The Kier molecular flexibility index (Phi) is 2.22. The smallest absolute Gasteiger partial charge is 0.267 e. The summed E-state index contributed by atoms with van der Waals surface area (Å²) in [7, 11) is 0. The van der Waals surface area contributed by atoms with Crippen molar-refractivity contribution < 1.29 is 13.2 Å². The summed E-state index contributed by atoms with van der Waals surface area (Å²) in [5.74, 6) is 0. The molecule has 78 valence electrons. The maximum absolute atomic E-state index is 12.3. The molecule has 6 heteroatoms. The molecule has 2 aromatic rings. The van der Waals surface area contributed by atoms with E-state index in [1.807, 2.05) is 0 Å². The highest BCUT2D eigenvalue weighted by Crippen LogP contribution is 2.32. The van der Waals surface area contributed by atoms with Crippen molar-refractivity contribution in [3.63, 3.8) is 0 Å². The van der Waals surface area contributed by atoms with Gasteiger partial charge in [0.2, 0.25) is 5.01 Å². The lowest BCUT2D eigenvalue weighted by Crippen LogP contribution is -2.14. The summed E-state index contributed by atoms with van der Waals surface area (Å²) in [6.45, 7) is 0. The summed E-state index contributed by atoms with van der Waals surface area (Å²) in [5.41, 5.74) is -0.836. The number of alkyl halides is 3. The Morgan fingerprint density at radius 3 is 2.53 bits per heavy atom. The molecule has 0 spiro atoms. The summed E-state index contributed by atoms with van der Waals surface area (Å²) in [6.07, 6.45) is -4.56. The molecular weight excluding hydrogens is 227 g/mol. The van der Waals surface area contributed by atoms with E-state index in [-0.39, 0.29) is 5.39 Å². The second-order valence-corrected chi connectivity index (χ2v) is 3.85. The van der Waals surface area contributed by atoms with Crippen molar-refractivity contribution in [2.24, 2.45) is 0 Å². The fourth-order valence-corrected chi connectivity index (χ4v) is 2.00. The highest BCUT2D eigenvalue weighted by molar-refractivity contribution is 7.18. The number of hydrogen-bond acceptors (Lipinski definition) is 3. The van der Waals surface area contributed by atoms with Crippen molar-refractivity contribution in [3.8, 4) is 0 Å². The summed E-state index contributed by atoms with van der Waals surface area (Å²) in [5, 5.41) is -0.887. The van der Waals surface area contributed by atoms with Crippen LogP contribution >= 0.6 is 11.3 Å². The van der Waals surface area contributed by atoms with E-state index >= 15 is 0 Å². The van der Waals surface area contributed by atoms with Crippen molar-refractivity contribution >= 4 is 21.4 Å². The second kappa shape index (κ2) is 3.30. The number of hydrogen-bond donors (Lipinski definition) is 0. The van der Waals surface area contributed by atoms with E-state index in [0.717, 1.165) is 0 Å². The molecule has 0 unspecified atom stereocenters. The molecule has 0 amide bonds. The van der Waals surface area contributed by atoms with Gasteiger partial charge in [-0.1, -0.05) is 12.1 Å². The minimum absolute atomic E-state index is 0.218. The van der Waals surface area contributed by atoms with Crippen LogP contribution in [0.3, 0.4) is 0 Å². The second-order valence-electron chi connectivity index (χ2n) is 2.82. The highest BCUT2D eigenvalue weighted by Gasteiger charge is 2.34. The van der Waals surface area contributed by atoms with Gasteiger partial charge in [0.25, 0.3) is 5.56 Å². The molecule has 0 radical (unpaired) electrons. The van der Waals surface area contributed by atoms with Crippen LogP contribution in [0.2, 0.25) is 0 Å². The number of rotatable bonds is 0. The first-order valence-electron chi connectivity index (χ1n) is 3.95. The molecule has 0 saturated carbocycles. The lowest BCUT2D eigenvalue weighted by Gasteiger charge is -2.04. The van der Waals surface area contributed by atoms with Crippen LogP contribution in [0.25, 0.3) is 10.1 Å². The van der Waals surface area contributed by atoms with E-state index in [2.05, 4.69) is 4.98 Å². The van der Waals surface area contributed by atoms with E-state index in [1.54, 1.807) is 12.1 Å². The third kappa shape index (κ3) is 1.85. The lowest BCUT2D eigenvalue weighted by molar-refractivity contribution is -0.137. The van der Waals surface area contributed by atoms with Crippen molar-refractivity contribution in [3.05, 3.63) is 39.6 Å². The number of fused-ring (bicyclic) bond motifs is 1. The van der Waals surface area contributed by atoms with Gasteiger partial charge < -0.3 is 0 Å². The van der Waals surface area contributed by atoms with Crippen molar-refractivity contribution in [1.82, 2.24) is 4.98 Å². The Bertz CT molecular complexity index is 561. The van der Waals surface area contributed by atoms with Gasteiger partial charge in [-0.15, -0.1) is 11.3 Å². The predicted molar refractivity (Wildman–Crippen MR) is 50.9 cm³/mol. The normalized spacial score (nSPS) is 11.9. The fourth-order valence-electron chi connectivity index (χ4n) is 1.13. The zero-order chi connectivity index (χ0) is 11.1. The van der Waals surface area contributed by atoms with Gasteiger partial charge in [0.05, 0.1) is 5.39 Å². The number of halogens is 3. The van der Waals surface area contributed by atoms with Crippen LogP contribution in [0, 0.1) is 0 Å². The summed E-state index contributed by atoms with van der Waals surface area (Å²) in [6, 6.07) is 6.10. The van der Waals surface area contributed by atoms with Gasteiger partial charge in [-0.2, -0.15) is 18.2 Å². The minimum atomic E-state index is -4.56. The Morgan fingerprint density at radius 2 is 1.87 bits per heavy atom. The van der Waals surface area contributed by atoms with Crippen LogP contribution in [0.1, 0.15) is 5.01 Å². The van der Waals surface area contributed by atoms with Gasteiger partial charge >= 0.3 is 6.18 Å². The van der Waals surface area contributed by atoms with Gasteiger partial charge in [-0.05, 0) is 12.1 Å². The maximum Gasteiger partial charge on any atom is 0.443 e. The fraction of sp³-hybridized carbons (Fsp3) is 0.111. The summed E-state index contributed by atoms with van der Waals surface area (Å²) < 4.78 is 37.2. The average Bonchev–Trinajstić information content (AvgIpc) is 2.16. The van der Waals surface area contributed by atoms with E-state index in [4.69, 9.17) is 0 Å². The Balaban J connectivity index is 2.79. The summed E-state index contributed by atoms with van der Waals surface area (Å²) >= 11 is 0.472. The molecule has 0 bridgehead atoms. The monoisotopic (exact) mass is 231 g/mol. The van der Waals surface area contributed by atoms with E-state index in [9.17, 15) is 18.0 Å². The first kappa shape index (κ1) is 10.1. The molecule has 1 aromatic heterocycles. The number of nitrogens with zero attached hydrogens (tertiary/aromatic N) is 1. The third-order valence-corrected chi connectivity index (χ3v) is 2.86. The standard InChI is InChI=1S/C9H4F3NOS/c10-9(11,12)8-13-7(14)5-3-1-2-4-6(5)15-8/h1-4H. The van der Waals surface area contributed by atoms with Crippen LogP contribution in [0.5, 0.6) is 0 Å². The maximum atomic E-state index is 12.3.